The number of nitrogens with zero attached hydrogens (tertiary/aromatic N) is 1. The van der Waals surface area contributed by atoms with Crippen LogP contribution in [0.2, 0.25) is 0 Å². The summed E-state index contributed by atoms with van der Waals surface area (Å²) in [6.45, 7) is 2.72. The number of thiophene rings is 1. The van der Waals surface area contributed by atoms with Crippen LogP contribution in [0, 0.1) is 0 Å². The van der Waals surface area contributed by atoms with Gasteiger partial charge in [-0.3, -0.25) is 14.5 Å². The van der Waals surface area contributed by atoms with E-state index in [2.05, 4.69) is 27.0 Å². The Balaban J connectivity index is 1.53. The zero-order valence-corrected chi connectivity index (χ0v) is 16.3. The topological polar surface area (TPSA) is 70.7 Å². The number of methoxy groups -OCH3 is 1. The molecule has 1 aliphatic rings. The highest BCUT2D eigenvalue weighted by Crippen LogP contribution is 2.26. The molecule has 3 rings (SSSR count). The number of benzene rings is 1. The summed E-state index contributed by atoms with van der Waals surface area (Å²) in [5.74, 6) is -0.555. The number of carbonyl (C=O) groups excluding carboxylic acids is 2. The molecule has 0 bridgehead atoms. The Hall–Kier alpha value is -2.38. The van der Waals surface area contributed by atoms with Crippen LogP contribution in [0.15, 0.2) is 41.1 Å². The molecule has 0 spiro atoms. The van der Waals surface area contributed by atoms with E-state index in [9.17, 15) is 9.59 Å². The van der Waals surface area contributed by atoms with Gasteiger partial charge in [-0.15, -0.1) is 0 Å². The molecule has 7 heteroatoms. The summed E-state index contributed by atoms with van der Waals surface area (Å²) < 4.78 is 5.26. The number of hydrogen-bond donors (Lipinski definition) is 2. The average Bonchev–Trinajstić information content (AvgIpc) is 3.41. The number of para-hydroxylation sites is 1. The minimum atomic E-state index is -0.633. The Bertz CT molecular complexity index is 758. The second-order valence-electron chi connectivity index (χ2n) is 6.52. The minimum Gasteiger partial charge on any atom is -0.496 e. The van der Waals surface area contributed by atoms with Gasteiger partial charge in [0.15, 0.2) is 0 Å². The molecule has 2 N–H and O–H groups in total. The summed E-state index contributed by atoms with van der Waals surface area (Å²) >= 11 is 1.65. The van der Waals surface area contributed by atoms with E-state index in [4.69, 9.17) is 4.74 Å². The van der Waals surface area contributed by atoms with Crippen LogP contribution >= 0.6 is 11.3 Å². The zero-order valence-electron chi connectivity index (χ0n) is 15.4. The lowest BCUT2D eigenvalue weighted by Crippen LogP contribution is -2.43. The van der Waals surface area contributed by atoms with Crippen LogP contribution in [0.5, 0.6) is 5.75 Å². The summed E-state index contributed by atoms with van der Waals surface area (Å²) in [5, 5.41) is 9.60. The normalized spacial score (nSPS) is 15.3. The van der Waals surface area contributed by atoms with Gasteiger partial charge in [0.25, 0.3) is 0 Å². The van der Waals surface area contributed by atoms with E-state index in [-0.39, 0.29) is 12.6 Å². The lowest BCUT2D eigenvalue weighted by molar-refractivity contribution is -0.139. The molecule has 2 amide bonds. The maximum atomic E-state index is 12.2. The Kier molecular flexibility index (Phi) is 6.84. The first-order chi connectivity index (χ1) is 13.2. The SMILES string of the molecule is COc1ccccc1CNC(=O)C(=O)NCC(c1ccsc1)N1CCCC1. The van der Waals surface area contributed by atoms with E-state index in [1.54, 1.807) is 18.4 Å². The number of carbonyl (C=O) groups is 2. The smallest absolute Gasteiger partial charge is 0.309 e. The largest absolute Gasteiger partial charge is 0.496 e. The first-order valence-corrected chi connectivity index (χ1v) is 10.1. The molecule has 1 atom stereocenters. The standard InChI is InChI=1S/C20H25N3O3S/c1-26-18-7-3-2-6-15(18)12-21-19(24)20(25)22-13-17(16-8-11-27-14-16)23-9-4-5-10-23/h2-3,6-8,11,14,17H,4-5,9-10,12-13H2,1H3,(H,21,24)(H,22,25). The van der Waals surface area contributed by atoms with Crippen LogP contribution < -0.4 is 15.4 Å². The molecular weight excluding hydrogens is 362 g/mol. The number of ether oxygens (including phenoxy) is 1. The lowest BCUT2D eigenvalue weighted by Gasteiger charge is -2.27. The Morgan fingerprint density at radius 2 is 1.89 bits per heavy atom. The fourth-order valence-electron chi connectivity index (χ4n) is 3.35. The molecule has 27 heavy (non-hydrogen) atoms. The summed E-state index contributed by atoms with van der Waals surface area (Å²) in [7, 11) is 1.58. The summed E-state index contributed by atoms with van der Waals surface area (Å²) in [5.41, 5.74) is 2.02. The molecule has 1 fully saturated rings. The Labute approximate surface area is 163 Å². The molecule has 2 aromatic rings. The van der Waals surface area contributed by atoms with Crippen LogP contribution in [0.25, 0.3) is 0 Å². The monoisotopic (exact) mass is 387 g/mol. The molecule has 144 valence electrons. The second kappa shape index (κ2) is 9.53. The summed E-state index contributed by atoms with van der Waals surface area (Å²) in [6, 6.07) is 9.61. The molecular formula is C20H25N3O3S. The van der Waals surface area contributed by atoms with E-state index in [0.29, 0.717) is 12.3 Å². The summed E-state index contributed by atoms with van der Waals surface area (Å²) in [6.07, 6.45) is 2.35. The molecule has 2 heterocycles. The molecule has 1 unspecified atom stereocenters. The number of rotatable bonds is 7. The number of likely N-dealkylation sites (tertiary alicyclic amines) is 1. The average molecular weight is 388 g/mol. The maximum absolute atomic E-state index is 12.2. The fraction of sp³-hybridized carbons (Fsp3) is 0.400. The van der Waals surface area contributed by atoms with Gasteiger partial charge in [0.2, 0.25) is 0 Å². The highest BCUT2D eigenvalue weighted by molar-refractivity contribution is 7.08. The van der Waals surface area contributed by atoms with Crippen molar-refractivity contribution in [1.82, 2.24) is 15.5 Å². The summed E-state index contributed by atoms with van der Waals surface area (Å²) in [4.78, 5) is 26.8. The predicted octanol–water partition coefficient (Wildman–Crippen LogP) is 2.33. The van der Waals surface area contributed by atoms with Gasteiger partial charge in [0, 0.05) is 18.7 Å². The minimum absolute atomic E-state index is 0.115. The van der Waals surface area contributed by atoms with Gasteiger partial charge < -0.3 is 15.4 Å². The molecule has 0 radical (unpaired) electrons. The highest BCUT2D eigenvalue weighted by Gasteiger charge is 2.25. The Morgan fingerprint density at radius 3 is 2.59 bits per heavy atom. The van der Waals surface area contributed by atoms with Crippen molar-refractivity contribution in [3.05, 3.63) is 52.2 Å². The van der Waals surface area contributed by atoms with E-state index < -0.39 is 11.8 Å². The van der Waals surface area contributed by atoms with Crippen molar-refractivity contribution in [3.8, 4) is 5.75 Å². The van der Waals surface area contributed by atoms with Gasteiger partial charge in [-0.25, -0.2) is 0 Å². The molecule has 1 aromatic carbocycles. The van der Waals surface area contributed by atoms with Crippen LogP contribution in [-0.4, -0.2) is 43.5 Å². The van der Waals surface area contributed by atoms with Crippen molar-refractivity contribution in [2.24, 2.45) is 0 Å². The zero-order chi connectivity index (χ0) is 19.1. The Morgan fingerprint density at radius 1 is 1.15 bits per heavy atom. The van der Waals surface area contributed by atoms with Crippen LogP contribution in [-0.2, 0) is 16.1 Å². The third-order valence-electron chi connectivity index (χ3n) is 4.80. The predicted molar refractivity (Wildman–Crippen MR) is 106 cm³/mol. The maximum Gasteiger partial charge on any atom is 0.309 e. The molecule has 0 aliphatic carbocycles. The van der Waals surface area contributed by atoms with Gasteiger partial charge in [0.1, 0.15) is 5.75 Å². The number of hydrogen-bond acceptors (Lipinski definition) is 5. The third-order valence-corrected chi connectivity index (χ3v) is 5.50. The molecule has 0 saturated carbocycles. The lowest BCUT2D eigenvalue weighted by atomic mass is 10.1. The van der Waals surface area contributed by atoms with Crippen LogP contribution in [0.3, 0.4) is 0 Å². The third kappa shape index (κ3) is 5.08. The second-order valence-corrected chi connectivity index (χ2v) is 7.30. The number of nitrogens with one attached hydrogen (secondary N) is 2. The van der Waals surface area contributed by atoms with Crippen LogP contribution in [0.1, 0.15) is 30.0 Å². The van der Waals surface area contributed by atoms with Crippen molar-refractivity contribution in [3.63, 3.8) is 0 Å². The van der Waals surface area contributed by atoms with Crippen molar-refractivity contribution in [2.75, 3.05) is 26.7 Å². The number of amides is 2. The molecule has 1 aromatic heterocycles. The molecule has 1 aliphatic heterocycles. The van der Waals surface area contributed by atoms with Gasteiger partial charge in [-0.2, -0.15) is 11.3 Å². The van der Waals surface area contributed by atoms with Crippen LogP contribution in [0.4, 0.5) is 0 Å². The van der Waals surface area contributed by atoms with Crippen molar-refractivity contribution >= 4 is 23.2 Å². The van der Waals surface area contributed by atoms with Gasteiger partial charge in [-0.1, -0.05) is 18.2 Å². The van der Waals surface area contributed by atoms with E-state index in [1.165, 1.54) is 18.4 Å². The van der Waals surface area contributed by atoms with Gasteiger partial charge in [-0.05, 0) is 54.4 Å². The highest BCUT2D eigenvalue weighted by atomic mass is 32.1. The van der Waals surface area contributed by atoms with Crippen molar-refractivity contribution < 1.29 is 14.3 Å². The molecule has 1 saturated heterocycles. The van der Waals surface area contributed by atoms with E-state index in [0.717, 1.165) is 18.7 Å². The fourth-order valence-corrected chi connectivity index (χ4v) is 4.06. The first kappa shape index (κ1) is 19.4. The quantitative estimate of drug-likeness (QED) is 0.716. The van der Waals surface area contributed by atoms with E-state index in [1.807, 2.05) is 29.6 Å². The van der Waals surface area contributed by atoms with E-state index >= 15 is 0 Å². The van der Waals surface area contributed by atoms with Crippen molar-refractivity contribution in [1.29, 1.82) is 0 Å². The molecule has 6 nitrogen and oxygen atoms in total. The first-order valence-electron chi connectivity index (χ1n) is 9.13. The van der Waals surface area contributed by atoms with Gasteiger partial charge >= 0.3 is 11.8 Å². The van der Waals surface area contributed by atoms with Crippen molar-refractivity contribution in [2.45, 2.75) is 25.4 Å². The van der Waals surface area contributed by atoms with Gasteiger partial charge in [0.05, 0.1) is 13.2 Å².